The Balaban J connectivity index is 1.41. The first kappa shape index (κ1) is 23.4. The minimum Gasteiger partial charge on any atom is -0.362 e. The molecular weight excluding hydrogens is 480 g/mol. The highest BCUT2D eigenvalue weighted by Gasteiger charge is 2.39. The van der Waals surface area contributed by atoms with E-state index in [1.165, 1.54) is 10.4 Å². The summed E-state index contributed by atoms with van der Waals surface area (Å²) in [5.41, 5.74) is 7.08. The van der Waals surface area contributed by atoms with Crippen molar-refractivity contribution in [1.29, 1.82) is 0 Å². The minimum atomic E-state index is -0.384. The number of aromatic nitrogens is 2. The Kier molecular flexibility index (Phi) is 6.00. The molecule has 6 nitrogen and oxygen atoms in total. The van der Waals surface area contributed by atoms with Crippen molar-refractivity contribution in [1.82, 2.24) is 14.9 Å². The lowest BCUT2D eigenvalue weighted by molar-refractivity contribution is -0.116. The van der Waals surface area contributed by atoms with Crippen molar-refractivity contribution in [3.8, 4) is 0 Å². The van der Waals surface area contributed by atoms with Crippen molar-refractivity contribution in [2.24, 2.45) is 0 Å². The lowest BCUT2D eigenvalue weighted by Crippen LogP contribution is -2.35. The van der Waals surface area contributed by atoms with Gasteiger partial charge >= 0.3 is 0 Å². The number of imidazole rings is 1. The molecule has 4 aromatic rings. The third-order valence-corrected chi connectivity index (χ3v) is 8.40. The Labute approximate surface area is 219 Å². The lowest BCUT2D eigenvalue weighted by Gasteiger charge is -2.33. The van der Waals surface area contributed by atoms with Gasteiger partial charge in [-0.25, -0.2) is 4.98 Å². The first-order valence-electron chi connectivity index (χ1n) is 12.6. The van der Waals surface area contributed by atoms with Gasteiger partial charge < -0.3 is 15.2 Å². The molecule has 6 rings (SSSR count). The molecule has 0 saturated heterocycles. The molecule has 1 amide bonds. The van der Waals surface area contributed by atoms with Crippen LogP contribution in [0.4, 0.5) is 5.69 Å². The van der Waals surface area contributed by atoms with Crippen LogP contribution in [0, 0.1) is 6.92 Å². The van der Waals surface area contributed by atoms with E-state index in [2.05, 4.69) is 39.2 Å². The second kappa shape index (κ2) is 9.48. The molecule has 0 bridgehead atoms. The molecule has 0 saturated carbocycles. The number of nitrogens with one attached hydrogen (secondary N) is 2. The van der Waals surface area contributed by atoms with E-state index in [0.717, 1.165) is 51.4 Å². The summed E-state index contributed by atoms with van der Waals surface area (Å²) in [6.07, 6.45) is 4.04. The van der Waals surface area contributed by atoms with Crippen molar-refractivity contribution in [3.63, 3.8) is 0 Å². The molecular formula is C30H28N4O2S. The molecule has 2 N–H and O–H groups in total. The average molecular weight is 509 g/mol. The maximum atomic E-state index is 13.7. The standard InChI is InChI=1S/C30H28N4O2S/c1-18-27(30(36)33-21-9-4-3-5-10-21)29(28-23(32-18)12-8-14-25(28)35)26-15-20(19(2)37-26)16-34-17-31-22-11-6-7-13-24(22)34/h3-7,9-11,13,15,17,29,32H,8,12,14,16H2,1-2H3,(H,33,36)/t29-/m1/s1. The number of carbonyl (C=O) groups excluding carboxylic acids is 2. The number of dihydropyridines is 1. The molecule has 0 radical (unpaired) electrons. The van der Waals surface area contributed by atoms with Crippen LogP contribution >= 0.6 is 11.3 Å². The first-order chi connectivity index (χ1) is 18.0. The van der Waals surface area contributed by atoms with Gasteiger partial charge in [-0.15, -0.1) is 11.3 Å². The average Bonchev–Trinajstić information content (AvgIpc) is 3.47. The van der Waals surface area contributed by atoms with Crippen molar-refractivity contribution >= 4 is 39.7 Å². The summed E-state index contributed by atoms with van der Waals surface area (Å²) in [6.45, 7) is 4.73. The Morgan fingerprint density at radius 1 is 1.11 bits per heavy atom. The van der Waals surface area contributed by atoms with Gasteiger partial charge in [0.1, 0.15) is 0 Å². The zero-order valence-electron chi connectivity index (χ0n) is 20.9. The number of rotatable bonds is 5. The molecule has 0 unspecified atom stereocenters. The molecule has 186 valence electrons. The lowest BCUT2D eigenvalue weighted by atomic mass is 9.77. The molecule has 37 heavy (non-hydrogen) atoms. The number of aryl methyl sites for hydroxylation is 1. The number of hydrogen-bond donors (Lipinski definition) is 2. The van der Waals surface area contributed by atoms with Crippen LogP contribution in [0.25, 0.3) is 11.0 Å². The smallest absolute Gasteiger partial charge is 0.254 e. The quantitative estimate of drug-likeness (QED) is 0.344. The number of carbonyl (C=O) groups is 2. The van der Waals surface area contributed by atoms with Crippen LogP contribution in [-0.2, 0) is 16.1 Å². The highest BCUT2D eigenvalue weighted by molar-refractivity contribution is 7.12. The van der Waals surface area contributed by atoms with Gasteiger partial charge in [-0.3, -0.25) is 9.59 Å². The van der Waals surface area contributed by atoms with Gasteiger partial charge in [-0.05, 0) is 62.6 Å². The fourth-order valence-electron chi connectivity index (χ4n) is 5.45. The van der Waals surface area contributed by atoms with E-state index in [4.69, 9.17) is 0 Å². The summed E-state index contributed by atoms with van der Waals surface area (Å²) < 4.78 is 2.15. The number of thiophene rings is 1. The molecule has 7 heteroatoms. The maximum Gasteiger partial charge on any atom is 0.254 e. The van der Waals surface area contributed by atoms with E-state index in [1.54, 1.807) is 11.3 Å². The largest absolute Gasteiger partial charge is 0.362 e. The number of allylic oxidation sites excluding steroid dienone is 3. The Hall–Kier alpha value is -3.97. The zero-order valence-corrected chi connectivity index (χ0v) is 21.7. The van der Waals surface area contributed by atoms with Crippen LogP contribution in [0.15, 0.2) is 89.5 Å². The molecule has 3 heterocycles. The van der Waals surface area contributed by atoms with Crippen LogP contribution in [0.2, 0.25) is 0 Å². The SMILES string of the molecule is CC1=C(C(=O)Nc2ccccc2)[C@@H](c2cc(Cn3cnc4ccccc43)c(C)s2)C2=C(CCCC2=O)N1. The summed E-state index contributed by atoms with van der Waals surface area (Å²) in [4.78, 5) is 33.7. The topological polar surface area (TPSA) is 76.0 Å². The highest BCUT2D eigenvalue weighted by Crippen LogP contribution is 2.45. The van der Waals surface area contributed by atoms with Gasteiger partial charge in [-0.1, -0.05) is 30.3 Å². The van der Waals surface area contributed by atoms with Gasteiger partial charge in [0.2, 0.25) is 0 Å². The zero-order chi connectivity index (χ0) is 25.5. The predicted molar refractivity (Wildman–Crippen MR) is 147 cm³/mol. The van der Waals surface area contributed by atoms with Crippen LogP contribution in [0.1, 0.15) is 47.4 Å². The van der Waals surface area contributed by atoms with Gasteiger partial charge in [0.05, 0.1) is 29.8 Å². The highest BCUT2D eigenvalue weighted by atomic mass is 32.1. The second-order valence-corrected chi connectivity index (χ2v) is 11.0. The summed E-state index contributed by atoms with van der Waals surface area (Å²) >= 11 is 1.67. The first-order valence-corrected chi connectivity index (χ1v) is 13.4. The summed E-state index contributed by atoms with van der Waals surface area (Å²) in [6, 6.07) is 19.7. The molecule has 2 aliphatic rings. The van der Waals surface area contributed by atoms with E-state index in [-0.39, 0.29) is 17.6 Å². The number of fused-ring (bicyclic) bond motifs is 1. The summed E-state index contributed by atoms with van der Waals surface area (Å²) in [7, 11) is 0. The Bertz CT molecular complexity index is 1590. The van der Waals surface area contributed by atoms with E-state index in [1.807, 2.05) is 61.8 Å². The predicted octanol–water partition coefficient (Wildman–Crippen LogP) is 6.06. The number of anilines is 1. The van der Waals surface area contributed by atoms with E-state index < -0.39 is 0 Å². The van der Waals surface area contributed by atoms with Crippen molar-refractivity contribution < 1.29 is 9.59 Å². The number of benzene rings is 2. The van der Waals surface area contributed by atoms with Gasteiger partial charge in [0, 0.05) is 44.4 Å². The van der Waals surface area contributed by atoms with E-state index in [0.29, 0.717) is 18.5 Å². The van der Waals surface area contributed by atoms with Gasteiger partial charge in [0.15, 0.2) is 5.78 Å². The van der Waals surface area contributed by atoms with Crippen LogP contribution in [0.5, 0.6) is 0 Å². The number of hydrogen-bond acceptors (Lipinski definition) is 5. The number of amides is 1. The Morgan fingerprint density at radius 3 is 2.73 bits per heavy atom. The molecule has 2 aromatic heterocycles. The summed E-state index contributed by atoms with van der Waals surface area (Å²) in [5.74, 6) is -0.437. The van der Waals surface area contributed by atoms with Crippen molar-refractivity contribution in [3.05, 3.63) is 105 Å². The maximum absolute atomic E-state index is 13.7. The normalized spacial score (nSPS) is 17.7. The van der Waals surface area contributed by atoms with E-state index in [9.17, 15) is 9.59 Å². The fourth-order valence-corrected chi connectivity index (χ4v) is 6.62. The number of para-hydroxylation sites is 3. The number of ketones is 1. The Morgan fingerprint density at radius 2 is 1.89 bits per heavy atom. The molecule has 1 aliphatic carbocycles. The van der Waals surface area contributed by atoms with E-state index >= 15 is 0 Å². The number of nitrogens with zero attached hydrogens (tertiary/aromatic N) is 2. The fraction of sp³-hybridized carbons (Fsp3) is 0.233. The third kappa shape index (κ3) is 4.29. The van der Waals surface area contributed by atoms with Crippen molar-refractivity contribution in [2.75, 3.05) is 5.32 Å². The monoisotopic (exact) mass is 508 g/mol. The van der Waals surface area contributed by atoms with Gasteiger partial charge in [-0.2, -0.15) is 0 Å². The molecule has 1 aliphatic heterocycles. The second-order valence-electron chi connectivity index (χ2n) is 9.68. The number of Topliss-reactive ketones (excluding diaryl/α,β-unsaturated/α-hetero) is 1. The molecule has 1 atom stereocenters. The van der Waals surface area contributed by atoms with Gasteiger partial charge in [0.25, 0.3) is 5.91 Å². The minimum absolute atomic E-state index is 0.129. The third-order valence-electron chi connectivity index (χ3n) is 7.24. The summed E-state index contributed by atoms with van der Waals surface area (Å²) in [5, 5.41) is 6.46. The van der Waals surface area contributed by atoms with Crippen molar-refractivity contribution in [2.45, 2.75) is 45.6 Å². The van der Waals surface area contributed by atoms with Crippen LogP contribution < -0.4 is 10.6 Å². The van der Waals surface area contributed by atoms with Crippen LogP contribution in [-0.4, -0.2) is 21.2 Å². The molecule has 0 spiro atoms. The van der Waals surface area contributed by atoms with Crippen LogP contribution in [0.3, 0.4) is 0 Å². The molecule has 0 fully saturated rings. The molecule has 2 aromatic carbocycles.